The number of nitrogens with zero attached hydrogens (tertiary/aromatic N) is 3. The summed E-state index contributed by atoms with van der Waals surface area (Å²) in [5.74, 6) is 6.99. The Labute approximate surface area is 121 Å². The highest BCUT2D eigenvalue weighted by Gasteiger charge is 2.06. The highest BCUT2D eigenvalue weighted by Crippen LogP contribution is 2.19. The lowest BCUT2D eigenvalue weighted by Crippen LogP contribution is -2.05. The topological polar surface area (TPSA) is 39.9 Å². The summed E-state index contributed by atoms with van der Waals surface area (Å²) < 4.78 is 20.5. The maximum atomic E-state index is 13.3. The van der Waals surface area contributed by atoms with Gasteiger partial charge in [0.05, 0.1) is 5.56 Å². The maximum absolute atomic E-state index is 13.3. The Kier molecular flexibility index (Phi) is 4.97. The number of hydrogen-bond acceptors (Lipinski definition) is 3. The van der Waals surface area contributed by atoms with Gasteiger partial charge in [-0.1, -0.05) is 11.8 Å². The van der Waals surface area contributed by atoms with Crippen molar-refractivity contribution in [1.29, 1.82) is 0 Å². The van der Waals surface area contributed by atoms with E-state index in [1.807, 2.05) is 0 Å². The molecule has 0 radical (unpaired) electrons. The van der Waals surface area contributed by atoms with E-state index in [0.29, 0.717) is 29.4 Å². The van der Waals surface area contributed by atoms with Crippen LogP contribution in [-0.4, -0.2) is 20.6 Å². The summed E-state index contributed by atoms with van der Waals surface area (Å²) in [6.45, 7) is 0.242. The van der Waals surface area contributed by atoms with E-state index in [2.05, 4.69) is 21.9 Å². The van der Waals surface area contributed by atoms with Gasteiger partial charge in [0.1, 0.15) is 24.5 Å². The predicted octanol–water partition coefficient (Wildman–Crippen LogP) is 2.51. The fraction of sp³-hybridized carbons (Fsp3) is 0.286. The molecule has 0 aliphatic carbocycles. The predicted molar refractivity (Wildman–Crippen MR) is 74.0 cm³/mol. The number of aryl methyl sites for hydroxylation is 1. The van der Waals surface area contributed by atoms with E-state index in [9.17, 15) is 4.39 Å². The molecule has 6 heteroatoms. The van der Waals surface area contributed by atoms with Crippen molar-refractivity contribution in [3.8, 4) is 17.6 Å². The van der Waals surface area contributed by atoms with Crippen LogP contribution in [0.15, 0.2) is 24.5 Å². The number of benzene rings is 1. The standard InChI is InChI=1S/C14H13ClFN3O/c1-19-14(17-10-18-19)9-20-13-6-5-12(16)8-11(13)4-2-3-7-15/h5-6,8,10H,3,7,9H2,1H3. The monoisotopic (exact) mass is 293 g/mol. The van der Waals surface area contributed by atoms with Gasteiger partial charge in [-0.2, -0.15) is 5.10 Å². The van der Waals surface area contributed by atoms with Crippen LogP contribution in [0.5, 0.6) is 5.75 Å². The van der Waals surface area contributed by atoms with Gasteiger partial charge in [0.15, 0.2) is 5.82 Å². The zero-order valence-corrected chi connectivity index (χ0v) is 11.7. The molecule has 0 aliphatic heterocycles. The smallest absolute Gasteiger partial charge is 0.164 e. The average molecular weight is 294 g/mol. The van der Waals surface area contributed by atoms with Crippen molar-refractivity contribution in [3.63, 3.8) is 0 Å². The van der Waals surface area contributed by atoms with Gasteiger partial charge in [-0.25, -0.2) is 9.37 Å². The number of alkyl halides is 1. The number of ether oxygens (including phenoxy) is 1. The lowest BCUT2D eigenvalue weighted by Gasteiger charge is -2.07. The Morgan fingerprint density at radius 1 is 1.45 bits per heavy atom. The molecular weight excluding hydrogens is 281 g/mol. The molecule has 0 N–H and O–H groups in total. The van der Waals surface area contributed by atoms with Crippen molar-refractivity contribution in [2.45, 2.75) is 13.0 Å². The van der Waals surface area contributed by atoms with Crippen LogP contribution >= 0.6 is 11.6 Å². The van der Waals surface area contributed by atoms with E-state index in [1.54, 1.807) is 17.8 Å². The Bertz CT molecular complexity index is 645. The quantitative estimate of drug-likeness (QED) is 0.642. The first-order valence-corrected chi connectivity index (χ1v) is 6.54. The Morgan fingerprint density at radius 3 is 3.00 bits per heavy atom. The fourth-order valence-electron chi connectivity index (χ4n) is 1.52. The number of hydrogen-bond donors (Lipinski definition) is 0. The molecule has 2 rings (SSSR count). The molecule has 0 saturated carbocycles. The van der Waals surface area contributed by atoms with Crippen LogP contribution in [0.3, 0.4) is 0 Å². The van der Waals surface area contributed by atoms with Crippen LogP contribution in [0, 0.1) is 17.7 Å². The van der Waals surface area contributed by atoms with Crippen molar-refractivity contribution in [2.75, 3.05) is 5.88 Å². The molecule has 0 aliphatic rings. The summed E-state index contributed by atoms with van der Waals surface area (Å²) in [5.41, 5.74) is 0.497. The normalized spacial score (nSPS) is 9.95. The molecule has 104 valence electrons. The number of halogens is 2. The first-order chi connectivity index (χ1) is 9.70. The molecule has 20 heavy (non-hydrogen) atoms. The molecule has 0 fully saturated rings. The van der Waals surface area contributed by atoms with Gasteiger partial charge in [0.25, 0.3) is 0 Å². The summed E-state index contributed by atoms with van der Waals surface area (Å²) in [4.78, 5) is 4.05. The van der Waals surface area contributed by atoms with Crippen LogP contribution in [-0.2, 0) is 13.7 Å². The lowest BCUT2D eigenvalue weighted by atomic mass is 10.2. The van der Waals surface area contributed by atoms with Gasteiger partial charge < -0.3 is 4.74 Å². The Morgan fingerprint density at radius 2 is 2.30 bits per heavy atom. The highest BCUT2D eigenvalue weighted by atomic mass is 35.5. The summed E-state index contributed by atoms with van der Waals surface area (Å²) >= 11 is 5.56. The third-order valence-electron chi connectivity index (χ3n) is 2.55. The molecule has 4 nitrogen and oxygen atoms in total. The molecule has 0 amide bonds. The number of rotatable bonds is 4. The molecule has 0 atom stereocenters. The summed E-state index contributed by atoms with van der Waals surface area (Å²) in [7, 11) is 1.78. The van der Waals surface area contributed by atoms with Crippen LogP contribution < -0.4 is 4.74 Å². The minimum Gasteiger partial charge on any atom is -0.484 e. The van der Waals surface area contributed by atoms with E-state index in [-0.39, 0.29) is 12.4 Å². The van der Waals surface area contributed by atoms with Gasteiger partial charge >= 0.3 is 0 Å². The van der Waals surface area contributed by atoms with E-state index in [0.717, 1.165) is 0 Å². The summed E-state index contributed by atoms with van der Waals surface area (Å²) in [5, 5.41) is 3.95. The molecule has 0 unspecified atom stereocenters. The van der Waals surface area contributed by atoms with Crippen molar-refractivity contribution in [1.82, 2.24) is 14.8 Å². The maximum Gasteiger partial charge on any atom is 0.164 e. The average Bonchev–Trinajstić information content (AvgIpc) is 2.84. The number of aromatic nitrogens is 3. The molecule has 1 heterocycles. The van der Waals surface area contributed by atoms with E-state index in [1.165, 1.54) is 18.5 Å². The van der Waals surface area contributed by atoms with Crippen LogP contribution in [0.1, 0.15) is 17.8 Å². The third-order valence-corrected chi connectivity index (χ3v) is 2.74. The first-order valence-electron chi connectivity index (χ1n) is 6.01. The van der Waals surface area contributed by atoms with Crippen molar-refractivity contribution in [3.05, 3.63) is 41.7 Å². The lowest BCUT2D eigenvalue weighted by molar-refractivity contribution is 0.288. The summed E-state index contributed by atoms with van der Waals surface area (Å²) in [6.07, 6.45) is 1.99. The van der Waals surface area contributed by atoms with Crippen LogP contribution in [0.25, 0.3) is 0 Å². The highest BCUT2D eigenvalue weighted by molar-refractivity contribution is 6.18. The SMILES string of the molecule is Cn1ncnc1COc1ccc(F)cc1C#CCCCl. The molecule has 1 aromatic carbocycles. The van der Waals surface area contributed by atoms with Gasteiger partial charge in [0.2, 0.25) is 0 Å². The molecule has 2 aromatic rings. The molecule has 0 bridgehead atoms. The minimum absolute atomic E-state index is 0.242. The fourth-order valence-corrected chi connectivity index (χ4v) is 1.62. The van der Waals surface area contributed by atoms with E-state index < -0.39 is 0 Å². The van der Waals surface area contributed by atoms with Gasteiger partial charge in [-0.15, -0.1) is 11.6 Å². The third kappa shape index (κ3) is 3.72. The zero-order chi connectivity index (χ0) is 14.4. The van der Waals surface area contributed by atoms with Gasteiger partial charge in [-0.3, -0.25) is 4.68 Å². The molecule has 0 saturated heterocycles. The van der Waals surface area contributed by atoms with E-state index >= 15 is 0 Å². The van der Waals surface area contributed by atoms with Crippen LogP contribution in [0.4, 0.5) is 4.39 Å². The molecule has 0 spiro atoms. The second-order valence-corrected chi connectivity index (χ2v) is 4.35. The second-order valence-electron chi connectivity index (χ2n) is 3.97. The van der Waals surface area contributed by atoms with Gasteiger partial charge in [0, 0.05) is 19.3 Å². The second kappa shape index (κ2) is 6.92. The Balaban J connectivity index is 2.15. The zero-order valence-electron chi connectivity index (χ0n) is 10.9. The van der Waals surface area contributed by atoms with Gasteiger partial charge in [-0.05, 0) is 18.2 Å². The van der Waals surface area contributed by atoms with Crippen molar-refractivity contribution in [2.24, 2.45) is 7.05 Å². The van der Waals surface area contributed by atoms with Crippen LogP contribution in [0.2, 0.25) is 0 Å². The minimum atomic E-state index is -0.355. The molecular formula is C14H13ClFN3O. The Hall–Kier alpha value is -2.06. The van der Waals surface area contributed by atoms with Crippen molar-refractivity contribution < 1.29 is 9.13 Å². The van der Waals surface area contributed by atoms with E-state index in [4.69, 9.17) is 16.3 Å². The first kappa shape index (κ1) is 14.4. The largest absolute Gasteiger partial charge is 0.484 e. The summed E-state index contributed by atoms with van der Waals surface area (Å²) in [6, 6.07) is 4.22. The van der Waals surface area contributed by atoms with Crippen molar-refractivity contribution >= 4 is 11.6 Å². The molecule has 1 aromatic heterocycles.